The molecule has 0 saturated carbocycles. The molecule has 0 radical (unpaired) electrons. The van der Waals surface area contributed by atoms with E-state index >= 15 is 0 Å². The Labute approximate surface area is 138 Å². The van der Waals surface area contributed by atoms with Gasteiger partial charge in [0.05, 0.1) is 17.9 Å². The molecule has 3 saturated heterocycles. The fraction of sp³-hybridized carbons (Fsp3) is 0.933. The SMILES string of the molecule is CS(=O)(=O)N1CCC[C@@]12CCN(C(=O)C1CCNCC1)C[C@@H]2O. The van der Waals surface area contributed by atoms with Gasteiger partial charge in [-0.15, -0.1) is 0 Å². The smallest absolute Gasteiger partial charge is 0.225 e. The van der Waals surface area contributed by atoms with Gasteiger partial charge in [0.25, 0.3) is 0 Å². The molecule has 3 heterocycles. The summed E-state index contributed by atoms with van der Waals surface area (Å²) in [5.41, 5.74) is -0.710. The molecule has 0 aromatic rings. The Balaban J connectivity index is 1.71. The fourth-order valence-corrected chi connectivity index (χ4v) is 5.87. The van der Waals surface area contributed by atoms with Crippen LogP contribution in [0.3, 0.4) is 0 Å². The van der Waals surface area contributed by atoms with Crippen LogP contribution in [0.25, 0.3) is 0 Å². The van der Waals surface area contributed by atoms with E-state index in [-0.39, 0.29) is 18.4 Å². The summed E-state index contributed by atoms with van der Waals surface area (Å²) in [5.74, 6) is 0.149. The molecule has 1 amide bonds. The highest BCUT2D eigenvalue weighted by molar-refractivity contribution is 7.88. The van der Waals surface area contributed by atoms with E-state index in [1.165, 1.54) is 10.6 Å². The summed E-state index contributed by atoms with van der Waals surface area (Å²) in [5, 5.41) is 13.9. The minimum atomic E-state index is -3.34. The summed E-state index contributed by atoms with van der Waals surface area (Å²) < 4.78 is 25.6. The number of piperidine rings is 2. The highest BCUT2D eigenvalue weighted by Crippen LogP contribution is 2.40. The maximum atomic E-state index is 12.6. The minimum Gasteiger partial charge on any atom is -0.389 e. The Bertz CT molecular complexity index is 561. The average Bonchev–Trinajstić information content (AvgIpc) is 2.95. The largest absolute Gasteiger partial charge is 0.389 e. The summed E-state index contributed by atoms with van der Waals surface area (Å²) in [6.45, 7) is 2.97. The number of carbonyl (C=O) groups is 1. The lowest BCUT2D eigenvalue weighted by Gasteiger charge is -2.47. The molecule has 3 rings (SSSR count). The van der Waals surface area contributed by atoms with Crippen molar-refractivity contribution in [3.05, 3.63) is 0 Å². The summed E-state index contributed by atoms with van der Waals surface area (Å²) in [7, 11) is -3.34. The maximum absolute atomic E-state index is 12.6. The number of amides is 1. The zero-order valence-electron chi connectivity index (χ0n) is 13.7. The van der Waals surface area contributed by atoms with Crippen LogP contribution in [0.1, 0.15) is 32.1 Å². The van der Waals surface area contributed by atoms with Crippen molar-refractivity contribution in [2.24, 2.45) is 5.92 Å². The number of β-amino-alcohol motifs (C(OH)–C–C–N with tert-alkyl or cyclic N) is 1. The van der Waals surface area contributed by atoms with E-state index in [0.717, 1.165) is 32.4 Å². The van der Waals surface area contributed by atoms with Crippen LogP contribution < -0.4 is 5.32 Å². The predicted molar refractivity (Wildman–Crippen MR) is 86.3 cm³/mol. The van der Waals surface area contributed by atoms with E-state index < -0.39 is 21.7 Å². The molecule has 8 heteroatoms. The summed E-state index contributed by atoms with van der Waals surface area (Å²) in [6, 6.07) is 0. The van der Waals surface area contributed by atoms with Crippen LogP contribution in [-0.2, 0) is 14.8 Å². The van der Waals surface area contributed by atoms with E-state index in [2.05, 4.69) is 5.32 Å². The zero-order valence-corrected chi connectivity index (χ0v) is 14.5. The van der Waals surface area contributed by atoms with Crippen LogP contribution in [0.2, 0.25) is 0 Å². The molecule has 0 unspecified atom stereocenters. The van der Waals surface area contributed by atoms with Crippen molar-refractivity contribution in [3.8, 4) is 0 Å². The number of hydrogen-bond donors (Lipinski definition) is 2. The lowest BCUT2D eigenvalue weighted by atomic mass is 9.83. The van der Waals surface area contributed by atoms with Gasteiger partial charge in [-0.1, -0.05) is 0 Å². The van der Waals surface area contributed by atoms with Crippen LogP contribution >= 0.6 is 0 Å². The first kappa shape index (κ1) is 17.1. The first-order chi connectivity index (χ1) is 10.8. The topological polar surface area (TPSA) is 90.0 Å². The number of rotatable bonds is 2. The number of likely N-dealkylation sites (tertiary alicyclic amines) is 1. The zero-order chi connectivity index (χ0) is 16.7. The minimum absolute atomic E-state index is 0.0343. The fourth-order valence-electron chi connectivity index (χ4n) is 4.45. The number of aliphatic hydroxyl groups is 1. The second kappa shape index (κ2) is 6.31. The molecule has 3 aliphatic heterocycles. The molecule has 3 fully saturated rings. The Morgan fingerprint density at radius 1 is 1.22 bits per heavy atom. The molecular weight excluding hydrogens is 318 g/mol. The van der Waals surface area contributed by atoms with E-state index in [9.17, 15) is 18.3 Å². The highest BCUT2D eigenvalue weighted by atomic mass is 32.2. The second-order valence-corrected chi connectivity index (χ2v) is 9.02. The third-order valence-corrected chi connectivity index (χ3v) is 7.04. The van der Waals surface area contributed by atoms with Crippen molar-refractivity contribution in [1.82, 2.24) is 14.5 Å². The second-order valence-electron chi connectivity index (χ2n) is 7.12. The van der Waals surface area contributed by atoms with Crippen LogP contribution in [0.5, 0.6) is 0 Å². The van der Waals surface area contributed by atoms with Gasteiger partial charge in [0.1, 0.15) is 0 Å². The Kier molecular flexibility index (Phi) is 4.70. The molecule has 23 heavy (non-hydrogen) atoms. The van der Waals surface area contributed by atoms with Crippen molar-refractivity contribution in [3.63, 3.8) is 0 Å². The van der Waals surface area contributed by atoms with Crippen LogP contribution in [-0.4, -0.2) is 79.3 Å². The quantitative estimate of drug-likeness (QED) is 0.696. The van der Waals surface area contributed by atoms with Gasteiger partial charge in [0.15, 0.2) is 0 Å². The lowest BCUT2D eigenvalue weighted by Crippen LogP contribution is -2.63. The molecule has 1 spiro atoms. The van der Waals surface area contributed by atoms with Crippen LogP contribution in [0, 0.1) is 5.92 Å². The van der Waals surface area contributed by atoms with E-state index in [4.69, 9.17) is 0 Å². The van der Waals surface area contributed by atoms with Crippen molar-refractivity contribution in [2.45, 2.75) is 43.7 Å². The monoisotopic (exact) mass is 345 g/mol. The van der Waals surface area contributed by atoms with Gasteiger partial charge in [-0.25, -0.2) is 8.42 Å². The van der Waals surface area contributed by atoms with Crippen molar-refractivity contribution in [2.75, 3.05) is 39.0 Å². The van der Waals surface area contributed by atoms with Crippen molar-refractivity contribution >= 4 is 15.9 Å². The standard InChI is InChI=1S/C15H27N3O4S/c1-23(21,22)18-9-2-5-15(18)6-10-17(11-13(15)19)14(20)12-3-7-16-8-4-12/h12-13,16,19H,2-11H2,1H3/t13-,15-/m0/s1. The number of sulfonamides is 1. The predicted octanol–water partition coefficient (Wildman–Crippen LogP) is -0.627. The van der Waals surface area contributed by atoms with E-state index in [1.54, 1.807) is 4.90 Å². The molecular formula is C15H27N3O4S. The van der Waals surface area contributed by atoms with Gasteiger partial charge in [-0.3, -0.25) is 4.79 Å². The third kappa shape index (κ3) is 3.14. The van der Waals surface area contributed by atoms with Crippen LogP contribution in [0.15, 0.2) is 0 Å². The summed E-state index contributed by atoms with van der Waals surface area (Å²) in [4.78, 5) is 14.4. The molecule has 2 atom stereocenters. The Morgan fingerprint density at radius 3 is 2.52 bits per heavy atom. The molecule has 0 aliphatic carbocycles. The molecule has 3 aliphatic rings. The first-order valence-electron chi connectivity index (χ1n) is 8.50. The molecule has 0 aromatic heterocycles. The van der Waals surface area contributed by atoms with Gasteiger partial charge in [-0.05, 0) is 45.2 Å². The lowest BCUT2D eigenvalue weighted by molar-refractivity contribution is -0.143. The Hall–Kier alpha value is -0.700. The number of aliphatic hydroxyl groups excluding tert-OH is 1. The number of nitrogens with zero attached hydrogens (tertiary/aromatic N) is 2. The highest BCUT2D eigenvalue weighted by Gasteiger charge is 2.53. The molecule has 0 bridgehead atoms. The van der Waals surface area contributed by atoms with E-state index in [1.807, 2.05) is 0 Å². The van der Waals surface area contributed by atoms with Crippen molar-refractivity contribution < 1.29 is 18.3 Å². The Morgan fingerprint density at radius 2 is 1.91 bits per heavy atom. The molecule has 7 nitrogen and oxygen atoms in total. The normalized spacial score (nSPS) is 34.2. The summed E-state index contributed by atoms with van der Waals surface area (Å²) >= 11 is 0. The maximum Gasteiger partial charge on any atom is 0.225 e. The van der Waals surface area contributed by atoms with Crippen LogP contribution in [0.4, 0.5) is 0 Å². The van der Waals surface area contributed by atoms with E-state index in [0.29, 0.717) is 25.9 Å². The van der Waals surface area contributed by atoms with Gasteiger partial charge in [0, 0.05) is 25.6 Å². The number of carbonyl (C=O) groups excluding carboxylic acids is 1. The number of nitrogens with one attached hydrogen (secondary N) is 1. The molecule has 132 valence electrons. The van der Waals surface area contributed by atoms with Gasteiger partial charge < -0.3 is 15.3 Å². The van der Waals surface area contributed by atoms with Gasteiger partial charge in [0.2, 0.25) is 15.9 Å². The summed E-state index contributed by atoms with van der Waals surface area (Å²) in [6.07, 6.45) is 4.05. The average molecular weight is 345 g/mol. The molecule has 2 N–H and O–H groups in total. The van der Waals surface area contributed by atoms with Crippen molar-refractivity contribution in [1.29, 1.82) is 0 Å². The molecule has 0 aromatic carbocycles. The third-order valence-electron chi connectivity index (χ3n) is 5.70. The van der Waals surface area contributed by atoms with Gasteiger partial charge >= 0.3 is 0 Å². The number of hydrogen-bond acceptors (Lipinski definition) is 5. The van der Waals surface area contributed by atoms with Gasteiger partial charge in [-0.2, -0.15) is 4.31 Å². The first-order valence-corrected chi connectivity index (χ1v) is 10.3.